The maximum atomic E-state index is 12.0. The Kier molecular flexibility index (Phi) is 6.87. The number of aliphatic hydroxyl groups excluding tert-OH is 1. The summed E-state index contributed by atoms with van der Waals surface area (Å²) in [6.07, 6.45) is 0.768. The molecule has 0 heterocycles. The lowest BCUT2D eigenvalue weighted by molar-refractivity contribution is -0.128. The summed E-state index contributed by atoms with van der Waals surface area (Å²) in [6, 6.07) is 7.39. The Bertz CT molecular complexity index is 411. The fourth-order valence-corrected chi connectivity index (χ4v) is 2.02. The van der Waals surface area contributed by atoms with Gasteiger partial charge in [-0.2, -0.15) is 0 Å². The van der Waals surface area contributed by atoms with Crippen LogP contribution in [0, 0.1) is 0 Å². The molecule has 4 nitrogen and oxygen atoms in total. The quantitative estimate of drug-likeness (QED) is 0.808. The predicted molar refractivity (Wildman–Crippen MR) is 78.2 cm³/mol. The minimum absolute atomic E-state index is 0.0113. The number of hydrogen-bond donors (Lipinski definition) is 2. The van der Waals surface area contributed by atoms with Gasteiger partial charge in [-0.1, -0.05) is 19.1 Å². The predicted octanol–water partition coefficient (Wildman–Crippen LogP) is 2.49. The van der Waals surface area contributed by atoms with Crippen LogP contribution in [-0.2, 0) is 4.79 Å². The van der Waals surface area contributed by atoms with Gasteiger partial charge in [0.25, 0.3) is 5.91 Å². The SMILES string of the molecule is CCC(CCO)NC(=O)C(C)Oc1ccccc1Br. The van der Waals surface area contributed by atoms with Crippen molar-refractivity contribution in [2.75, 3.05) is 6.61 Å². The zero-order valence-corrected chi connectivity index (χ0v) is 12.8. The number of carbonyl (C=O) groups is 1. The molecule has 0 bridgehead atoms. The summed E-state index contributed by atoms with van der Waals surface area (Å²) in [6.45, 7) is 3.75. The molecule has 1 aromatic carbocycles. The molecule has 1 aromatic rings. The molecule has 5 heteroatoms. The molecule has 2 N–H and O–H groups in total. The van der Waals surface area contributed by atoms with Gasteiger partial charge < -0.3 is 15.2 Å². The Morgan fingerprint density at radius 2 is 2.16 bits per heavy atom. The van der Waals surface area contributed by atoms with Crippen molar-refractivity contribution in [1.29, 1.82) is 0 Å². The molecule has 106 valence electrons. The van der Waals surface area contributed by atoms with E-state index < -0.39 is 6.10 Å². The number of rotatable bonds is 7. The van der Waals surface area contributed by atoms with Gasteiger partial charge in [-0.05, 0) is 47.8 Å². The summed E-state index contributed by atoms with van der Waals surface area (Å²) in [5, 5.41) is 11.8. The van der Waals surface area contributed by atoms with E-state index in [0.29, 0.717) is 12.2 Å². The molecular weight excluding hydrogens is 310 g/mol. The largest absolute Gasteiger partial charge is 0.480 e. The van der Waals surface area contributed by atoms with Crippen LogP contribution in [0.4, 0.5) is 0 Å². The highest BCUT2D eigenvalue weighted by Gasteiger charge is 2.18. The Morgan fingerprint density at radius 1 is 1.47 bits per heavy atom. The Labute approximate surface area is 122 Å². The highest BCUT2D eigenvalue weighted by atomic mass is 79.9. The van der Waals surface area contributed by atoms with Crippen molar-refractivity contribution in [2.45, 2.75) is 38.8 Å². The average Bonchev–Trinajstić information content (AvgIpc) is 2.40. The van der Waals surface area contributed by atoms with Crippen molar-refractivity contribution in [1.82, 2.24) is 5.32 Å². The third-order valence-corrected chi connectivity index (χ3v) is 3.48. The minimum atomic E-state index is -0.577. The molecule has 2 atom stereocenters. The number of halogens is 1. The van der Waals surface area contributed by atoms with Crippen molar-refractivity contribution in [3.63, 3.8) is 0 Å². The van der Waals surface area contributed by atoms with Crippen LogP contribution in [0.1, 0.15) is 26.7 Å². The van der Waals surface area contributed by atoms with Crippen molar-refractivity contribution in [3.8, 4) is 5.75 Å². The smallest absolute Gasteiger partial charge is 0.260 e. The first-order valence-corrected chi connectivity index (χ1v) is 7.20. The third kappa shape index (κ3) is 5.20. The van der Waals surface area contributed by atoms with E-state index in [9.17, 15) is 4.79 Å². The molecular formula is C14H20BrNO3. The number of para-hydroxylation sites is 1. The molecule has 2 unspecified atom stereocenters. The van der Waals surface area contributed by atoms with Crippen molar-refractivity contribution in [3.05, 3.63) is 28.7 Å². The third-order valence-electron chi connectivity index (χ3n) is 2.83. The number of ether oxygens (including phenoxy) is 1. The number of nitrogens with one attached hydrogen (secondary N) is 1. The van der Waals surface area contributed by atoms with Crippen LogP contribution < -0.4 is 10.1 Å². The van der Waals surface area contributed by atoms with E-state index in [0.717, 1.165) is 10.9 Å². The van der Waals surface area contributed by atoms with Gasteiger partial charge in [0.1, 0.15) is 5.75 Å². The fraction of sp³-hybridized carbons (Fsp3) is 0.500. The first-order chi connectivity index (χ1) is 9.08. The Balaban J connectivity index is 2.55. The normalized spacial score (nSPS) is 13.7. The van der Waals surface area contributed by atoms with E-state index in [1.807, 2.05) is 25.1 Å². The second kappa shape index (κ2) is 8.17. The molecule has 1 amide bonds. The molecule has 0 aliphatic rings. The lowest BCUT2D eigenvalue weighted by atomic mass is 10.1. The molecule has 0 aliphatic carbocycles. The van der Waals surface area contributed by atoms with E-state index in [1.165, 1.54) is 0 Å². The van der Waals surface area contributed by atoms with Gasteiger partial charge in [-0.15, -0.1) is 0 Å². The summed E-state index contributed by atoms with van der Waals surface area (Å²) in [7, 11) is 0. The van der Waals surface area contributed by atoms with Crippen LogP contribution in [0.25, 0.3) is 0 Å². The number of benzene rings is 1. The number of aliphatic hydroxyl groups is 1. The average molecular weight is 330 g/mol. The van der Waals surface area contributed by atoms with E-state index in [2.05, 4.69) is 21.2 Å². The van der Waals surface area contributed by atoms with E-state index in [4.69, 9.17) is 9.84 Å². The molecule has 19 heavy (non-hydrogen) atoms. The van der Waals surface area contributed by atoms with Crippen molar-refractivity contribution >= 4 is 21.8 Å². The molecule has 0 fully saturated rings. The van der Waals surface area contributed by atoms with Gasteiger partial charge >= 0.3 is 0 Å². The Morgan fingerprint density at radius 3 is 2.74 bits per heavy atom. The highest BCUT2D eigenvalue weighted by Crippen LogP contribution is 2.24. The monoisotopic (exact) mass is 329 g/mol. The lowest BCUT2D eigenvalue weighted by Gasteiger charge is -2.20. The van der Waals surface area contributed by atoms with Gasteiger partial charge in [-0.3, -0.25) is 4.79 Å². The minimum Gasteiger partial charge on any atom is -0.480 e. The van der Waals surface area contributed by atoms with Gasteiger partial charge in [0.05, 0.1) is 4.47 Å². The van der Waals surface area contributed by atoms with Crippen LogP contribution in [0.2, 0.25) is 0 Å². The second-order valence-electron chi connectivity index (χ2n) is 4.32. The van der Waals surface area contributed by atoms with Crippen molar-refractivity contribution < 1.29 is 14.6 Å². The molecule has 0 aromatic heterocycles. The molecule has 0 aliphatic heterocycles. The molecule has 1 rings (SSSR count). The lowest BCUT2D eigenvalue weighted by Crippen LogP contribution is -2.42. The number of carbonyl (C=O) groups excluding carboxylic acids is 1. The first-order valence-electron chi connectivity index (χ1n) is 6.40. The number of hydrogen-bond acceptors (Lipinski definition) is 3. The van der Waals surface area contributed by atoms with Gasteiger partial charge in [0.15, 0.2) is 6.10 Å². The van der Waals surface area contributed by atoms with Gasteiger partial charge in [0, 0.05) is 12.6 Å². The second-order valence-corrected chi connectivity index (χ2v) is 5.17. The summed E-state index contributed by atoms with van der Waals surface area (Å²) in [5.41, 5.74) is 0. The Hall–Kier alpha value is -1.07. The topological polar surface area (TPSA) is 58.6 Å². The number of amides is 1. The van der Waals surface area contributed by atoms with Crippen LogP contribution in [-0.4, -0.2) is 29.8 Å². The van der Waals surface area contributed by atoms with Crippen LogP contribution in [0.3, 0.4) is 0 Å². The fourth-order valence-electron chi connectivity index (χ4n) is 1.64. The van der Waals surface area contributed by atoms with Gasteiger partial charge in [-0.25, -0.2) is 0 Å². The van der Waals surface area contributed by atoms with Crippen LogP contribution in [0.5, 0.6) is 5.75 Å². The first kappa shape index (κ1) is 16.0. The van der Waals surface area contributed by atoms with Crippen LogP contribution in [0.15, 0.2) is 28.7 Å². The summed E-state index contributed by atoms with van der Waals surface area (Å²) < 4.78 is 6.43. The summed E-state index contributed by atoms with van der Waals surface area (Å²) in [4.78, 5) is 12.0. The maximum Gasteiger partial charge on any atom is 0.260 e. The van der Waals surface area contributed by atoms with E-state index in [-0.39, 0.29) is 18.6 Å². The maximum absolute atomic E-state index is 12.0. The molecule has 0 saturated carbocycles. The van der Waals surface area contributed by atoms with Gasteiger partial charge in [0.2, 0.25) is 0 Å². The summed E-state index contributed by atoms with van der Waals surface area (Å²) >= 11 is 3.37. The standard InChI is InChI=1S/C14H20BrNO3/c1-3-11(8-9-17)16-14(18)10(2)19-13-7-5-4-6-12(13)15/h4-7,10-11,17H,3,8-9H2,1-2H3,(H,16,18). The zero-order valence-electron chi connectivity index (χ0n) is 11.2. The van der Waals surface area contributed by atoms with Crippen LogP contribution >= 0.6 is 15.9 Å². The van der Waals surface area contributed by atoms with E-state index in [1.54, 1.807) is 13.0 Å². The van der Waals surface area contributed by atoms with E-state index >= 15 is 0 Å². The zero-order chi connectivity index (χ0) is 14.3. The molecule has 0 spiro atoms. The molecule has 0 saturated heterocycles. The molecule has 0 radical (unpaired) electrons. The van der Waals surface area contributed by atoms with Crippen molar-refractivity contribution in [2.24, 2.45) is 0 Å². The summed E-state index contributed by atoms with van der Waals surface area (Å²) in [5.74, 6) is 0.469. The highest BCUT2D eigenvalue weighted by molar-refractivity contribution is 9.10.